The number of benzene rings is 2. The summed E-state index contributed by atoms with van der Waals surface area (Å²) in [4.78, 5) is 34.5. The van der Waals surface area contributed by atoms with Gasteiger partial charge in [-0.05, 0) is 43.2 Å². The lowest BCUT2D eigenvalue weighted by Gasteiger charge is -2.40. The van der Waals surface area contributed by atoms with Crippen molar-refractivity contribution in [2.75, 3.05) is 23.8 Å². The van der Waals surface area contributed by atoms with Gasteiger partial charge in [0.15, 0.2) is 6.29 Å². The summed E-state index contributed by atoms with van der Waals surface area (Å²) in [7, 11) is 0. The molecule has 228 valence electrons. The Kier molecular flexibility index (Phi) is 8.59. The minimum atomic E-state index is -1.72. The summed E-state index contributed by atoms with van der Waals surface area (Å²) in [5.41, 5.74) is 1.98. The maximum Gasteiger partial charge on any atom is 0.257 e. The van der Waals surface area contributed by atoms with Gasteiger partial charge < -0.3 is 51.5 Å². The molecule has 6 atom stereocenters. The number of aliphatic hydroxyl groups is 5. The van der Waals surface area contributed by atoms with Gasteiger partial charge in [-0.15, -0.1) is 0 Å². The molecule has 2 aliphatic rings. The van der Waals surface area contributed by atoms with Crippen molar-refractivity contribution < 1.29 is 39.9 Å². The van der Waals surface area contributed by atoms with E-state index in [0.29, 0.717) is 16.8 Å². The van der Waals surface area contributed by atoms with Crippen molar-refractivity contribution in [1.29, 1.82) is 0 Å². The Morgan fingerprint density at radius 3 is 2.53 bits per heavy atom. The summed E-state index contributed by atoms with van der Waals surface area (Å²) < 4.78 is 5.14. The van der Waals surface area contributed by atoms with E-state index >= 15 is 0 Å². The van der Waals surface area contributed by atoms with Crippen LogP contribution in [0, 0.1) is 0 Å². The highest BCUT2D eigenvalue weighted by atomic mass is 16.6. The van der Waals surface area contributed by atoms with Crippen LogP contribution < -0.4 is 21.3 Å². The number of nitrogens with one attached hydrogen (secondary N) is 4. The molecule has 14 heteroatoms. The zero-order valence-electron chi connectivity index (χ0n) is 23.4. The van der Waals surface area contributed by atoms with Crippen LogP contribution in [-0.2, 0) is 10.3 Å². The lowest BCUT2D eigenvalue weighted by molar-refractivity contribution is -0.252. The molecule has 2 aromatic carbocycles. The quantitative estimate of drug-likeness (QED) is 0.158. The molecule has 0 radical (unpaired) electrons. The number of hydrogen-bond donors (Lipinski definition) is 9. The second kappa shape index (κ2) is 12.2. The van der Waals surface area contributed by atoms with Gasteiger partial charge in [0, 0.05) is 17.4 Å². The summed E-state index contributed by atoms with van der Waals surface area (Å²) in [6, 6.07) is 12.1. The van der Waals surface area contributed by atoms with E-state index in [1.54, 1.807) is 36.4 Å². The van der Waals surface area contributed by atoms with E-state index in [1.165, 1.54) is 6.20 Å². The predicted molar refractivity (Wildman–Crippen MR) is 153 cm³/mol. The van der Waals surface area contributed by atoms with E-state index in [4.69, 9.17) is 4.74 Å². The first-order chi connectivity index (χ1) is 20.5. The lowest BCUT2D eigenvalue weighted by Crippen LogP contribution is -2.64. The van der Waals surface area contributed by atoms with Crippen LogP contribution in [0.2, 0.25) is 0 Å². The maximum atomic E-state index is 13.4. The van der Waals surface area contributed by atoms with Gasteiger partial charge in [0.05, 0.1) is 24.8 Å². The summed E-state index contributed by atoms with van der Waals surface area (Å²) >= 11 is 0. The number of aromatic nitrogens is 2. The second-order valence-corrected chi connectivity index (χ2v) is 10.9. The summed E-state index contributed by atoms with van der Waals surface area (Å²) in [6.45, 7) is 2.78. The average Bonchev–Trinajstić information content (AvgIpc) is 3.23. The first kappa shape index (κ1) is 30.3. The molecule has 0 spiro atoms. The number of carbonyl (C=O) groups excluding carboxylic acids is 2. The number of ether oxygens (including phenoxy) is 1. The van der Waals surface area contributed by atoms with Crippen LogP contribution in [0.3, 0.4) is 0 Å². The van der Waals surface area contributed by atoms with E-state index in [0.717, 1.165) is 5.56 Å². The van der Waals surface area contributed by atoms with Gasteiger partial charge in [0.25, 0.3) is 11.8 Å². The molecular weight excluding hydrogens is 560 g/mol. The highest BCUT2D eigenvalue weighted by Gasteiger charge is 2.44. The molecule has 5 rings (SSSR count). The fourth-order valence-corrected chi connectivity index (χ4v) is 5.17. The highest BCUT2D eigenvalue weighted by molar-refractivity contribution is 6.00. The Labute approximate surface area is 246 Å². The molecule has 0 aliphatic carbocycles. The number of nitrogens with zero attached hydrogens (tertiary/aromatic N) is 2. The second-order valence-electron chi connectivity index (χ2n) is 10.9. The third-order valence-electron chi connectivity index (χ3n) is 7.55. The fourth-order valence-electron chi connectivity index (χ4n) is 5.17. The van der Waals surface area contributed by atoms with Gasteiger partial charge in [-0.3, -0.25) is 9.59 Å². The molecule has 1 fully saturated rings. The summed E-state index contributed by atoms with van der Waals surface area (Å²) in [6.07, 6.45) is -4.96. The number of anilines is 3. The fraction of sp³-hybridized carbons (Fsp3) is 0.379. The van der Waals surface area contributed by atoms with Crippen LogP contribution in [0.25, 0.3) is 0 Å². The van der Waals surface area contributed by atoms with Gasteiger partial charge in [-0.2, -0.15) is 4.98 Å². The summed E-state index contributed by atoms with van der Waals surface area (Å²) in [5.74, 6) is -0.866. The lowest BCUT2D eigenvalue weighted by atomic mass is 9.94. The third-order valence-corrected chi connectivity index (χ3v) is 7.55. The van der Waals surface area contributed by atoms with Crippen LogP contribution in [0.15, 0.2) is 54.7 Å². The van der Waals surface area contributed by atoms with E-state index < -0.39 is 54.7 Å². The van der Waals surface area contributed by atoms with Crippen molar-refractivity contribution in [3.63, 3.8) is 0 Å². The minimum absolute atomic E-state index is 0.0192. The largest absolute Gasteiger partial charge is 0.394 e. The van der Waals surface area contributed by atoms with Crippen molar-refractivity contribution in [1.82, 2.24) is 20.6 Å². The molecule has 2 aliphatic heterocycles. The third kappa shape index (κ3) is 6.15. The maximum absolute atomic E-state index is 13.4. The highest BCUT2D eigenvalue weighted by Crippen LogP contribution is 2.33. The predicted octanol–water partition coefficient (Wildman–Crippen LogP) is -0.126. The number of rotatable bonds is 9. The van der Waals surface area contributed by atoms with Gasteiger partial charge in [-0.25, -0.2) is 4.98 Å². The molecule has 2 amide bonds. The van der Waals surface area contributed by atoms with E-state index in [-0.39, 0.29) is 29.8 Å². The molecule has 43 heavy (non-hydrogen) atoms. The number of aliphatic hydroxyl groups excluding tert-OH is 5. The molecule has 1 aromatic heterocycles. The molecule has 0 bridgehead atoms. The van der Waals surface area contributed by atoms with Gasteiger partial charge in [0.1, 0.15) is 35.7 Å². The number of fused-ring (bicyclic) bond motifs is 1. The van der Waals surface area contributed by atoms with Crippen LogP contribution in [0.1, 0.15) is 51.7 Å². The molecule has 14 nitrogen and oxygen atoms in total. The van der Waals surface area contributed by atoms with Crippen molar-refractivity contribution in [3.8, 4) is 0 Å². The standard InChI is InChI=1S/C29H34N6O8/c1-29(2)18-10-15(8-9-16(18)26(41)35-29)31-28-30-11-17(24(34-28)32-19(12-36)14-6-4-3-5-7-14)25(40)33-21-23(39)22(38)20(13-37)43-27(21)42/h3-11,19-23,27,36-39,42H,12-13H2,1-2H3,(H,33,40)(H,35,41)(H2,30,31,32,34)/t19-,20?,21?,22?,23?,27?/m1/s1. The zero-order chi connectivity index (χ0) is 30.9. The Morgan fingerprint density at radius 1 is 1.09 bits per heavy atom. The topological polar surface area (TPSA) is 218 Å². The molecule has 1 saturated heterocycles. The Morgan fingerprint density at radius 2 is 1.84 bits per heavy atom. The van der Waals surface area contributed by atoms with E-state index in [9.17, 15) is 35.1 Å². The SMILES string of the molecule is CC1(C)NC(=O)c2ccc(Nc3ncc(C(=O)NC4C(O)OC(CO)C(O)C4O)c(N[C@H](CO)c4ccccc4)n3)cc21. The zero-order valence-corrected chi connectivity index (χ0v) is 23.4. The van der Waals surface area contributed by atoms with Crippen LogP contribution >= 0.6 is 0 Å². The normalized spacial score (nSPS) is 24.9. The Hall–Kier alpha value is -4.18. The first-order valence-corrected chi connectivity index (χ1v) is 13.7. The molecule has 5 unspecified atom stereocenters. The van der Waals surface area contributed by atoms with Crippen LogP contribution in [0.4, 0.5) is 17.5 Å². The molecule has 9 N–H and O–H groups in total. The number of carbonyl (C=O) groups is 2. The summed E-state index contributed by atoms with van der Waals surface area (Å²) in [5, 5.41) is 62.1. The van der Waals surface area contributed by atoms with Crippen molar-refractivity contribution in [2.24, 2.45) is 0 Å². The Balaban J connectivity index is 1.45. The molecule has 3 heterocycles. The van der Waals surface area contributed by atoms with E-state index in [2.05, 4.69) is 31.2 Å². The monoisotopic (exact) mass is 594 g/mol. The Bertz CT molecular complexity index is 1490. The number of hydrogen-bond acceptors (Lipinski definition) is 12. The number of amides is 2. The molecule has 0 saturated carbocycles. The van der Waals surface area contributed by atoms with Gasteiger partial charge in [-0.1, -0.05) is 30.3 Å². The van der Waals surface area contributed by atoms with Crippen molar-refractivity contribution in [2.45, 2.75) is 56.1 Å². The van der Waals surface area contributed by atoms with Crippen LogP contribution in [-0.4, -0.2) is 91.2 Å². The first-order valence-electron chi connectivity index (χ1n) is 13.7. The average molecular weight is 595 g/mol. The van der Waals surface area contributed by atoms with Gasteiger partial charge in [0.2, 0.25) is 5.95 Å². The molecular formula is C29H34N6O8. The minimum Gasteiger partial charge on any atom is -0.394 e. The van der Waals surface area contributed by atoms with Crippen molar-refractivity contribution in [3.05, 3.63) is 77.0 Å². The van der Waals surface area contributed by atoms with Crippen molar-refractivity contribution >= 4 is 29.3 Å². The smallest absolute Gasteiger partial charge is 0.257 e. The van der Waals surface area contributed by atoms with Gasteiger partial charge >= 0.3 is 0 Å². The molecule has 3 aromatic rings. The van der Waals surface area contributed by atoms with Crippen LogP contribution in [0.5, 0.6) is 0 Å². The van der Waals surface area contributed by atoms with E-state index in [1.807, 2.05) is 26.0 Å².